The third-order valence-electron chi connectivity index (χ3n) is 12.0. The molecule has 1 N–H and O–H groups in total. The van der Waals surface area contributed by atoms with E-state index in [0.717, 1.165) is 103 Å². The van der Waals surface area contributed by atoms with E-state index in [1.54, 1.807) is 30.2 Å². The largest absolute Gasteiger partial charge is 0.481 e. The van der Waals surface area contributed by atoms with E-state index in [-0.39, 0.29) is 47.6 Å². The van der Waals surface area contributed by atoms with Crippen LogP contribution in [0.2, 0.25) is 0 Å². The van der Waals surface area contributed by atoms with Gasteiger partial charge in [-0.15, -0.1) is 0 Å². The van der Waals surface area contributed by atoms with E-state index in [2.05, 4.69) is 20.5 Å². The maximum absolute atomic E-state index is 11.9. The number of methoxy groups -OCH3 is 2. The third kappa shape index (κ3) is 14.1. The van der Waals surface area contributed by atoms with E-state index in [9.17, 15) is 14.4 Å². The lowest BCUT2D eigenvalue weighted by molar-refractivity contribution is -0.146. The number of thiocarbonyl (C=S) groups is 1. The summed E-state index contributed by atoms with van der Waals surface area (Å²) in [6.45, 7) is 23.3. The molecule has 16 heteroatoms. The predicted molar refractivity (Wildman–Crippen MR) is 248 cm³/mol. The number of aromatic nitrogens is 5. The fourth-order valence-electron chi connectivity index (χ4n) is 7.70. The summed E-state index contributed by atoms with van der Waals surface area (Å²) in [5, 5.41) is 21.8. The van der Waals surface area contributed by atoms with E-state index in [1.807, 2.05) is 76.2 Å². The van der Waals surface area contributed by atoms with Crippen LogP contribution < -0.4 is 0 Å². The summed E-state index contributed by atoms with van der Waals surface area (Å²) in [5.74, 6) is 0.429. The third-order valence-corrected chi connectivity index (χ3v) is 12.3. The van der Waals surface area contributed by atoms with Gasteiger partial charge in [0.25, 0.3) is 5.17 Å². The molecule has 7 rings (SSSR count). The molecular weight excluding hydrogens is 839 g/mol. The Labute approximate surface area is 385 Å². The highest BCUT2D eigenvalue weighted by atomic mass is 32.1. The summed E-state index contributed by atoms with van der Waals surface area (Å²) in [6, 6.07) is 0. The minimum Gasteiger partial charge on any atom is -0.481 e. The number of hydrogen-bond donors (Lipinski definition) is 1. The molecule has 7 atom stereocenters. The summed E-state index contributed by atoms with van der Waals surface area (Å²) < 4.78 is 33.5. The Morgan fingerprint density at radius 3 is 1.53 bits per heavy atom. The van der Waals surface area contributed by atoms with Gasteiger partial charge in [0, 0.05) is 60.5 Å². The van der Waals surface area contributed by atoms with Gasteiger partial charge in [0.1, 0.15) is 29.7 Å². The number of carboxylic acid groups (broad SMARTS) is 1. The van der Waals surface area contributed by atoms with Crippen LogP contribution in [0, 0.1) is 17.8 Å². The molecule has 3 aliphatic rings. The van der Waals surface area contributed by atoms with Crippen molar-refractivity contribution in [2.45, 2.75) is 178 Å². The summed E-state index contributed by atoms with van der Waals surface area (Å²) in [5.41, 5.74) is 5.83. The summed E-state index contributed by atoms with van der Waals surface area (Å²) in [6.07, 6.45) is 15.8. The molecule has 0 saturated heterocycles. The number of hydrogen-bond acceptors (Lipinski definition) is 14. The van der Waals surface area contributed by atoms with Crippen LogP contribution in [-0.2, 0) is 60.7 Å². The van der Waals surface area contributed by atoms with E-state index < -0.39 is 11.9 Å². The van der Waals surface area contributed by atoms with Crippen molar-refractivity contribution >= 4 is 35.3 Å². The lowest BCUT2D eigenvalue weighted by Gasteiger charge is -2.25. The molecule has 0 aromatic carbocycles. The molecule has 0 bridgehead atoms. The monoisotopic (exact) mass is 914 g/mol. The van der Waals surface area contributed by atoms with Crippen molar-refractivity contribution in [3.63, 3.8) is 0 Å². The molecule has 0 fully saturated rings. The van der Waals surface area contributed by atoms with E-state index in [1.165, 1.54) is 32.6 Å². The van der Waals surface area contributed by atoms with Gasteiger partial charge in [-0.3, -0.25) is 19.0 Å². The first kappa shape index (κ1) is 55.3. The van der Waals surface area contributed by atoms with E-state index in [4.69, 9.17) is 45.1 Å². The molecule has 0 amide bonds. The van der Waals surface area contributed by atoms with Gasteiger partial charge in [0.15, 0.2) is 0 Å². The van der Waals surface area contributed by atoms with Gasteiger partial charge in [-0.25, -0.2) is 4.98 Å². The highest BCUT2D eigenvalue weighted by molar-refractivity contribution is 7.80. The normalized spacial score (nSPS) is 17.2. The molecule has 3 aliphatic carbocycles. The van der Waals surface area contributed by atoms with Gasteiger partial charge in [-0.1, -0.05) is 98.6 Å². The maximum atomic E-state index is 11.9. The summed E-state index contributed by atoms with van der Waals surface area (Å²) in [7, 11) is 2.81. The molecule has 64 heavy (non-hydrogen) atoms. The van der Waals surface area contributed by atoms with Crippen LogP contribution in [-0.4, -0.2) is 67.4 Å². The van der Waals surface area contributed by atoms with Crippen molar-refractivity contribution < 1.29 is 47.3 Å². The van der Waals surface area contributed by atoms with E-state index >= 15 is 0 Å². The smallest absolute Gasteiger partial charge is 0.309 e. The second-order valence-electron chi connectivity index (χ2n) is 15.6. The number of aryl methyl sites for hydroxylation is 3. The second kappa shape index (κ2) is 28.1. The van der Waals surface area contributed by atoms with Crippen molar-refractivity contribution in [2.24, 2.45) is 17.8 Å². The first-order valence-corrected chi connectivity index (χ1v) is 23.7. The molecular formula is C48H75N5O10S. The van der Waals surface area contributed by atoms with Crippen molar-refractivity contribution in [2.75, 3.05) is 14.2 Å². The topological polar surface area (TPSA) is 195 Å². The standard InChI is InChI=1S/C17H21N3O4S.C13H19NO3.C12H17NO3.3C2H6/c1-10(11(2)16(21)22-3)15-14-12(5-4-6-13(14)24-19-15)23-17(25)20-8-7-18-9-20;1-8(9(2)13(15)16-3)12-10-6-4-5-7-11(10)17-14-12;1-7(8(2)12(14)15)11-9-5-3-4-6-10(9)16-13-11;3*1-2/h7-12H,4-6H2,1-3H3;8-9H,4-7H2,1-3H3;7-8H,3-6H2,1-2H3,(H,14,15);3*1-2H3. The van der Waals surface area contributed by atoms with Crippen LogP contribution >= 0.6 is 12.2 Å². The number of carbonyl (C=O) groups is 3. The SMILES string of the molecule is CC.CC.CC.CC(C(=O)O)C(C)c1noc2c1CCCC2.COC(=O)C(C)C(C)c1noc2c1C(OC(=S)n1ccnc1)CCC2.COC(=O)C(C)C(C)c1noc2c1CCCC2. The molecule has 0 spiro atoms. The molecule has 4 aromatic rings. The number of imidazole rings is 1. The van der Waals surface area contributed by atoms with Gasteiger partial charge in [-0.2, -0.15) is 0 Å². The Morgan fingerprint density at radius 2 is 1.08 bits per heavy atom. The second-order valence-corrected chi connectivity index (χ2v) is 16.0. The molecule has 0 radical (unpaired) electrons. The molecule has 0 saturated carbocycles. The van der Waals surface area contributed by atoms with Gasteiger partial charge < -0.3 is 32.9 Å². The molecule has 15 nitrogen and oxygen atoms in total. The molecule has 358 valence electrons. The lowest BCUT2D eigenvalue weighted by Crippen LogP contribution is -2.23. The van der Waals surface area contributed by atoms with Crippen LogP contribution in [0.3, 0.4) is 0 Å². The Hall–Kier alpha value is -4.86. The molecule has 4 aromatic heterocycles. The van der Waals surface area contributed by atoms with Gasteiger partial charge in [0.2, 0.25) is 0 Å². The average Bonchev–Trinajstić information content (AvgIpc) is 4.19. The fraction of sp³-hybridized carbons (Fsp3) is 0.667. The van der Waals surface area contributed by atoms with Crippen LogP contribution in [0.5, 0.6) is 0 Å². The van der Waals surface area contributed by atoms with Crippen LogP contribution in [0.4, 0.5) is 0 Å². The van der Waals surface area contributed by atoms with Crippen LogP contribution in [0.15, 0.2) is 32.3 Å². The first-order valence-electron chi connectivity index (χ1n) is 23.3. The summed E-state index contributed by atoms with van der Waals surface area (Å²) in [4.78, 5) is 38.4. The van der Waals surface area contributed by atoms with Crippen molar-refractivity contribution in [3.8, 4) is 0 Å². The Morgan fingerprint density at radius 1 is 0.656 bits per heavy atom. The lowest BCUT2D eigenvalue weighted by atomic mass is 9.85. The number of carboxylic acids is 1. The molecule has 7 unspecified atom stereocenters. The van der Waals surface area contributed by atoms with Crippen LogP contribution in [0.25, 0.3) is 0 Å². The number of aliphatic carboxylic acids is 1. The number of esters is 2. The number of fused-ring (bicyclic) bond motifs is 3. The number of nitrogens with zero attached hydrogens (tertiary/aromatic N) is 5. The Balaban J connectivity index is 0.000000320. The Kier molecular flexibility index (Phi) is 24.3. The maximum Gasteiger partial charge on any atom is 0.309 e. The minimum atomic E-state index is -0.778. The highest BCUT2D eigenvalue weighted by Gasteiger charge is 2.36. The van der Waals surface area contributed by atoms with Gasteiger partial charge >= 0.3 is 17.9 Å². The van der Waals surface area contributed by atoms with Crippen molar-refractivity contribution in [1.29, 1.82) is 0 Å². The van der Waals surface area contributed by atoms with Crippen LogP contribution in [0.1, 0.15) is 197 Å². The molecule has 0 aliphatic heterocycles. The van der Waals surface area contributed by atoms with Crippen molar-refractivity contribution in [1.82, 2.24) is 25.0 Å². The fourth-order valence-corrected chi connectivity index (χ4v) is 7.92. The average molecular weight is 914 g/mol. The number of carbonyl (C=O) groups excluding carboxylic acids is 2. The Bertz CT molecular complexity index is 2000. The van der Waals surface area contributed by atoms with Gasteiger partial charge in [0.05, 0.1) is 54.6 Å². The zero-order valence-corrected chi connectivity index (χ0v) is 41.6. The minimum absolute atomic E-state index is 0.0491. The van der Waals surface area contributed by atoms with E-state index in [0.29, 0.717) is 5.17 Å². The highest BCUT2D eigenvalue weighted by Crippen LogP contribution is 2.40. The number of rotatable bonds is 10. The predicted octanol–water partition coefficient (Wildman–Crippen LogP) is 10.9. The molecule has 4 heterocycles. The zero-order chi connectivity index (χ0) is 48.1. The van der Waals surface area contributed by atoms with Crippen molar-refractivity contribution in [3.05, 3.63) is 69.8 Å². The quantitative estimate of drug-likeness (QED) is 0.116. The number of ether oxygens (including phenoxy) is 3. The zero-order valence-electron chi connectivity index (χ0n) is 40.8. The summed E-state index contributed by atoms with van der Waals surface area (Å²) >= 11 is 5.35. The van der Waals surface area contributed by atoms with Gasteiger partial charge in [-0.05, 0) is 63.6 Å². The first-order chi connectivity index (χ1) is 30.8.